The standard InChI is InChI=1S/C9H20N2O2/c1-7(5-10)4-9(12)11-6-8(2)13-3/h7-8H,4-6,10H2,1-3H3,(H,11,12). The number of nitrogens with one attached hydrogen (secondary N) is 1. The first-order valence-electron chi connectivity index (χ1n) is 4.59. The van der Waals surface area contributed by atoms with E-state index >= 15 is 0 Å². The van der Waals surface area contributed by atoms with E-state index in [0.29, 0.717) is 19.5 Å². The first-order chi connectivity index (χ1) is 6.10. The molecule has 1 amide bonds. The molecule has 0 saturated heterocycles. The maximum atomic E-state index is 11.2. The fourth-order valence-corrected chi connectivity index (χ4v) is 0.813. The lowest BCUT2D eigenvalue weighted by Gasteiger charge is -2.12. The molecule has 0 aliphatic heterocycles. The predicted molar refractivity (Wildman–Crippen MR) is 52.3 cm³/mol. The molecule has 0 bridgehead atoms. The summed E-state index contributed by atoms with van der Waals surface area (Å²) in [6.07, 6.45) is 0.560. The number of hydrogen-bond acceptors (Lipinski definition) is 3. The van der Waals surface area contributed by atoms with Gasteiger partial charge in [-0.05, 0) is 19.4 Å². The van der Waals surface area contributed by atoms with Gasteiger partial charge < -0.3 is 15.8 Å². The van der Waals surface area contributed by atoms with Crippen molar-refractivity contribution in [2.75, 3.05) is 20.2 Å². The number of ether oxygens (including phenoxy) is 1. The zero-order valence-electron chi connectivity index (χ0n) is 8.67. The Labute approximate surface area is 79.8 Å². The molecule has 0 aliphatic rings. The Hall–Kier alpha value is -0.610. The minimum atomic E-state index is 0.0434. The maximum Gasteiger partial charge on any atom is 0.220 e. The van der Waals surface area contributed by atoms with Crippen molar-refractivity contribution in [3.8, 4) is 0 Å². The number of rotatable bonds is 6. The molecule has 78 valence electrons. The summed E-state index contributed by atoms with van der Waals surface area (Å²) in [6, 6.07) is 0. The average molecular weight is 188 g/mol. The third-order valence-corrected chi connectivity index (χ3v) is 1.93. The van der Waals surface area contributed by atoms with Crippen LogP contribution >= 0.6 is 0 Å². The lowest BCUT2D eigenvalue weighted by Crippen LogP contribution is -2.33. The second kappa shape index (κ2) is 6.86. The summed E-state index contributed by atoms with van der Waals surface area (Å²) in [5.41, 5.74) is 5.40. The van der Waals surface area contributed by atoms with Crippen LogP contribution in [0.4, 0.5) is 0 Å². The number of methoxy groups -OCH3 is 1. The zero-order valence-corrected chi connectivity index (χ0v) is 8.67. The van der Waals surface area contributed by atoms with Gasteiger partial charge >= 0.3 is 0 Å². The van der Waals surface area contributed by atoms with Gasteiger partial charge in [-0.3, -0.25) is 4.79 Å². The van der Waals surface area contributed by atoms with Crippen molar-refractivity contribution in [2.45, 2.75) is 26.4 Å². The van der Waals surface area contributed by atoms with Crippen LogP contribution in [0.5, 0.6) is 0 Å². The molecule has 0 rings (SSSR count). The van der Waals surface area contributed by atoms with Gasteiger partial charge in [0.15, 0.2) is 0 Å². The molecule has 0 radical (unpaired) electrons. The van der Waals surface area contributed by atoms with E-state index in [4.69, 9.17) is 10.5 Å². The Morgan fingerprint density at radius 3 is 2.62 bits per heavy atom. The Kier molecular flexibility index (Phi) is 6.54. The fraction of sp³-hybridized carbons (Fsp3) is 0.889. The van der Waals surface area contributed by atoms with Crippen LogP contribution in [0.25, 0.3) is 0 Å². The van der Waals surface area contributed by atoms with E-state index in [2.05, 4.69) is 5.32 Å². The van der Waals surface area contributed by atoms with Gasteiger partial charge in [0, 0.05) is 20.1 Å². The summed E-state index contributed by atoms with van der Waals surface area (Å²) in [4.78, 5) is 11.2. The van der Waals surface area contributed by atoms with E-state index in [1.165, 1.54) is 0 Å². The summed E-state index contributed by atoms with van der Waals surface area (Å²) in [6.45, 7) is 4.98. The summed E-state index contributed by atoms with van der Waals surface area (Å²) in [7, 11) is 1.62. The summed E-state index contributed by atoms with van der Waals surface area (Å²) in [5, 5.41) is 2.78. The Morgan fingerprint density at radius 2 is 2.15 bits per heavy atom. The van der Waals surface area contributed by atoms with Gasteiger partial charge in [-0.2, -0.15) is 0 Å². The Morgan fingerprint density at radius 1 is 1.54 bits per heavy atom. The molecule has 0 spiro atoms. The van der Waals surface area contributed by atoms with Crippen LogP contribution in [0.2, 0.25) is 0 Å². The van der Waals surface area contributed by atoms with E-state index in [9.17, 15) is 4.79 Å². The van der Waals surface area contributed by atoms with Crippen molar-refractivity contribution < 1.29 is 9.53 Å². The zero-order chi connectivity index (χ0) is 10.3. The van der Waals surface area contributed by atoms with Crippen LogP contribution in [-0.2, 0) is 9.53 Å². The van der Waals surface area contributed by atoms with E-state index < -0.39 is 0 Å². The molecule has 0 heterocycles. The first-order valence-corrected chi connectivity index (χ1v) is 4.59. The fourth-order valence-electron chi connectivity index (χ4n) is 0.813. The van der Waals surface area contributed by atoms with E-state index in [-0.39, 0.29) is 17.9 Å². The van der Waals surface area contributed by atoms with Crippen molar-refractivity contribution in [3.05, 3.63) is 0 Å². The highest BCUT2D eigenvalue weighted by Gasteiger charge is 2.08. The van der Waals surface area contributed by atoms with Gasteiger partial charge in [0.2, 0.25) is 5.91 Å². The summed E-state index contributed by atoms with van der Waals surface area (Å²) in [5.74, 6) is 0.291. The molecule has 0 saturated carbocycles. The quantitative estimate of drug-likeness (QED) is 0.622. The number of amides is 1. The molecule has 0 aromatic rings. The predicted octanol–water partition coefficient (Wildman–Crippen LogP) is 0.122. The Balaban J connectivity index is 3.51. The minimum absolute atomic E-state index is 0.0434. The SMILES string of the molecule is COC(C)CNC(=O)CC(C)CN. The largest absolute Gasteiger partial charge is 0.380 e. The van der Waals surface area contributed by atoms with Crippen LogP contribution in [0, 0.1) is 5.92 Å². The van der Waals surface area contributed by atoms with Gasteiger partial charge in [0.1, 0.15) is 0 Å². The van der Waals surface area contributed by atoms with Gasteiger partial charge in [0.25, 0.3) is 0 Å². The first kappa shape index (κ1) is 12.4. The number of carbonyl (C=O) groups is 1. The lowest BCUT2D eigenvalue weighted by molar-refractivity contribution is -0.122. The highest BCUT2D eigenvalue weighted by molar-refractivity contribution is 5.76. The highest BCUT2D eigenvalue weighted by Crippen LogP contribution is 1.97. The number of hydrogen-bond donors (Lipinski definition) is 2. The van der Waals surface area contributed by atoms with Gasteiger partial charge in [-0.15, -0.1) is 0 Å². The Bertz CT molecular complexity index is 151. The lowest BCUT2D eigenvalue weighted by atomic mass is 10.1. The van der Waals surface area contributed by atoms with Crippen molar-refractivity contribution >= 4 is 5.91 Å². The molecule has 0 aliphatic carbocycles. The van der Waals surface area contributed by atoms with E-state index in [1.807, 2.05) is 13.8 Å². The van der Waals surface area contributed by atoms with Crippen LogP contribution in [0.1, 0.15) is 20.3 Å². The topological polar surface area (TPSA) is 64.3 Å². The van der Waals surface area contributed by atoms with Crippen molar-refractivity contribution in [1.29, 1.82) is 0 Å². The smallest absolute Gasteiger partial charge is 0.220 e. The second-order valence-corrected chi connectivity index (χ2v) is 3.40. The third kappa shape index (κ3) is 6.54. The van der Waals surface area contributed by atoms with Gasteiger partial charge in [-0.1, -0.05) is 6.92 Å². The third-order valence-electron chi connectivity index (χ3n) is 1.93. The maximum absolute atomic E-state index is 11.2. The van der Waals surface area contributed by atoms with Crippen LogP contribution < -0.4 is 11.1 Å². The van der Waals surface area contributed by atoms with Crippen LogP contribution in [0.15, 0.2) is 0 Å². The minimum Gasteiger partial charge on any atom is -0.380 e. The molecule has 0 aromatic heterocycles. The van der Waals surface area contributed by atoms with Gasteiger partial charge in [-0.25, -0.2) is 0 Å². The molecule has 4 heteroatoms. The number of nitrogens with two attached hydrogens (primary N) is 1. The molecule has 2 unspecified atom stereocenters. The second-order valence-electron chi connectivity index (χ2n) is 3.40. The highest BCUT2D eigenvalue weighted by atomic mass is 16.5. The normalized spacial score (nSPS) is 15.1. The van der Waals surface area contributed by atoms with E-state index in [1.54, 1.807) is 7.11 Å². The van der Waals surface area contributed by atoms with Crippen molar-refractivity contribution in [3.63, 3.8) is 0 Å². The van der Waals surface area contributed by atoms with Crippen molar-refractivity contribution in [2.24, 2.45) is 11.7 Å². The molecular formula is C9H20N2O2. The molecule has 0 aromatic carbocycles. The summed E-state index contributed by atoms with van der Waals surface area (Å²) >= 11 is 0. The molecule has 0 fully saturated rings. The molecule has 4 nitrogen and oxygen atoms in total. The summed E-state index contributed by atoms with van der Waals surface area (Å²) < 4.78 is 4.99. The van der Waals surface area contributed by atoms with E-state index in [0.717, 1.165) is 0 Å². The van der Waals surface area contributed by atoms with Crippen molar-refractivity contribution in [1.82, 2.24) is 5.32 Å². The van der Waals surface area contributed by atoms with Crippen LogP contribution in [0.3, 0.4) is 0 Å². The molecule has 2 atom stereocenters. The average Bonchev–Trinajstić information content (AvgIpc) is 2.13. The van der Waals surface area contributed by atoms with Gasteiger partial charge in [0.05, 0.1) is 6.10 Å². The molecular weight excluding hydrogens is 168 g/mol. The molecule has 3 N–H and O–H groups in total. The molecule has 13 heavy (non-hydrogen) atoms. The number of carbonyl (C=O) groups excluding carboxylic acids is 1. The van der Waals surface area contributed by atoms with Crippen LogP contribution in [-0.4, -0.2) is 32.2 Å². The monoisotopic (exact) mass is 188 g/mol.